The predicted molar refractivity (Wildman–Crippen MR) is 169 cm³/mol. The molecule has 6 atom stereocenters. The van der Waals surface area contributed by atoms with E-state index in [1.807, 2.05) is 6.08 Å². The summed E-state index contributed by atoms with van der Waals surface area (Å²) < 4.78 is 13.6. The van der Waals surface area contributed by atoms with E-state index in [0.717, 1.165) is 25.7 Å². The summed E-state index contributed by atoms with van der Waals surface area (Å²) >= 11 is 0. The molecule has 0 aromatic carbocycles. The van der Waals surface area contributed by atoms with Gasteiger partial charge in [-0.15, -0.1) is 6.58 Å². The second-order valence-electron chi connectivity index (χ2n) is 15.0. The Morgan fingerprint density at radius 2 is 1.29 bits per heavy atom. The van der Waals surface area contributed by atoms with Crippen LogP contribution in [0.15, 0.2) is 24.3 Å². The van der Waals surface area contributed by atoms with Crippen LogP contribution in [0.3, 0.4) is 0 Å². The lowest BCUT2D eigenvalue weighted by Crippen LogP contribution is -2.46. The fourth-order valence-corrected chi connectivity index (χ4v) is 7.58. The van der Waals surface area contributed by atoms with E-state index in [-0.39, 0.29) is 28.2 Å². The minimum Gasteiger partial charge on any atom is -0.413 e. The highest BCUT2D eigenvalue weighted by Gasteiger charge is 2.42. The minimum absolute atomic E-state index is 0.0252. The van der Waals surface area contributed by atoms with Crippen LogP contribution in [0.25, 0.3) is 0 Å². The van der Waals surface area contributed by atoms with Crippen molar-refractivity contribution < 1.29 is 13.6 Å². The van der Waals surface area contributed by atoms with Crippen LogP contribution in [0.1, 0.15) is 94.9 Å². The molecular weight excluding hydrogens is 503 g/mol. The maximum absolute atomic E-state index is 11.3. The first-order valence-electron chi connectivity index (χ1n) is 14.6. The van der Waals surface area contributed by atoms with Crippen molar-refractivity contribution in [2.45, 2.75) is 143 Å². The number of carbonyl (C=O) groups excluding carboxylic acids is 1. The first kappa shape index (κ1) is 37.0. The first-order valence-corrected chi connectivity index (χ1v) is 20.5. The molecular formula is C32H61NO3Si2. The third-order valence-corrected chi connectivity index (χ3v) is 18.0. The largest absolute Gasteiger partial charge is 0.413 e. The monoisotopic (exact) mass is 563 g/mol. The van der Waals surface area contributed by atoms with Gasteiger partial charge in [0.05, 0.1) is 23.9 Å². The van der Waals surface area contributed by atoms with Gasteiger partial charge in [-0.25, -0.2) is 0 Å². The van der Waals surface area contributed by atoms with Crippen molar-refractivity contribution in [3.63, 3.8) is 0 Å². The molecule has 38 heavy (non-hydrogen) atoms. The van der Waals surface area contributed by atoms with Crippen LogP contribution in [0.4, 0.5) is 0 Å². The normalized spacial score (nSPS) is 18.6. The van der Waals surface area contributed by atoms with E-state index in [1.54, 1.807) is 0 Å². The summed E-state index contributed by atoms with van der Waals surface area (Å²) in [5, 5.41) is 10.0. The molecule has 0 radical (unpaired) electrons. The Hall–Kier alpha value is -1.01. The number of nitrogens with zero attached hydrogens (tertiary/aromatic N) is 1. The van der Waals surface area contributed by atoms with Crippen LogP contribution in [0.2, 0.25) is 36.3 Å². The van der Waals surface area contributed by atoms with Crippen molar-refractivity contribution in [3.8, 4) is 6.07 Å². The maximum Gasteiger partial charge on any atom is 0.192 e. The number of aldehydes is 1. The first-order chi connectivity index (χ1) is 17.1. The molecule has 0 aliphatic carbocycles. The third-order valence-electron chi connectivity index (χ3n) is 9.07. The number of hydrogen-bond acceptors (Lipinski definition) is 4. The number of rotatable bonds is 16. The summed E-state index contributed by atoms with van der Waals surface area (Å²) in [5.41, 5.74) is 0.446. The zero-order valence-corrected chi connectivity index (χ0v) is 29.4. The topological polar surface area (TPSA) is 59.3 Å². The van der Waals surface area contributed by atoms with Gasteiger partial charge in [0.15, 0.2) is 16.6 Å². The van der Waals surface area contributed by atoms with Crippen molar-refractivity contribution in [3.05, 3.63) is 24.3 Å². The van der Waals surface area contributed by atoms with Gasteiger partial charge in [-0.3, -0.25) is 4.79 Å². The highest BCUT2D eigenvalue weighted by Crippen LogP contribution is 2.41. The lowest BCUT2D eigenvalue weighted by atomic mass is 9.82. The maximum atomic E-state index is 11.3. The molecule has 0 amide bonds. The highest BCUT2D eigenvalue weighted by molar-refractivity contribution is 6.74. The molecule has 0 saturated carbocycles. The minimum atomic E-state index is -2.12. The molecule has 0 saturated heterocycles. The van der Waals surface area contributed by atoms with Gasteiger partial charge in [0.1, 0.15) is 6.29 Å². The fourth-order valence-electron chi connectivity index (χ4n) is 4.79. The molecule has 220 valence electrons. The van der Waals surface area contributed by atoms with Crippen molar-refractivity contribution >= 4 is 22.9 Å². The Balaban J connectivity index is 5.47. The van der Waals surface area contributed by atoms with Gasteiger partial charge in [0.25, 0.3) is 0 Å². The molecule has 0 aliphatic rings. The number of hydrogen-bond donors (Lipinski definition) is 0. The summed E-state index contributed by atoms with van der Waals surface area (Å²) in [6.07, 6.45) is 8.04. The van der Waals surface area contributed by atoms with Gasteiger partial charge in [-0.2, -0.15) is 5.26 Å². The second-order valence-corrected chi connectivity index (χ2v) is 24.5. The van der Waals surface area contributed by atoms with Gasteiger partial charge >= 0.3 is 0 Å². The lowest BCUT2D eigenvalue weighted by molar-refractivity contribution is -0.104. The highest BCUT2D eigenvalue weighted by atomic mass is 28.4. The third kappa shape index (κ3) is 11.6. The van der Waals surface area contributed by atoms with Crippen LogP contribution in [0, 0.1) is 35.0 Å². The summed E-state index contributed by atoms with van der Waals surface area (Å²) in [7, 11) is -3.98. The summed E-state index contributed by atoms with van der Waals surface area (Å²) in [6, 6.07) is 2.26. The SMILES string of the molecule is C=CC[C@H](O[Si](C)(C)C(C)(C)C)[C@@H](C)C[C@@H](C)C[C@@H](C)C[C@H](C)[C@@H](O[Si](C)(C)C(C)(C)C)/C(C#N)=C\C=O. The number of nitriles is 1. The molecule has 0 spiro atoms. The van der Waals surface area contributed by atoms with Crippen LogP contribution >= 0.6 is 0 Å². The summed E-state index contributed by atoms with van der Waals surface area (Å²) in [4.78, 5) is 11.3. The van der Waals surface area contributed by atoms with Gasteiger partial charge in [-0.1, -0.05) is 75.3 Å². The Bertz CT molecular complexity index is 814. The lowest BCUT2D eigenvalue weighted by Gasteiger charge is -2.41. The Labute approximate surface area is 238 Å². The van der Waals surface area contributed by atoms with E-state index in [1.165, 1.54) is 6.08 Å². The molecule has 0 aromatic heterocycles. The predicted octanol–water partition coefficient (Wildman–Crippen LogP) is 9.71. The van der Waals surface area contributed by atoms with Crippen LogP contribution in [-0.4, -0.2) is 35.1 Å². The number of carbonyl (C=O) groups is 1. The zero-order valence-electron chi connectivity index (χ0n) is 27.4. The Morgan fingerprint density at radius 1 is 0.842 bits per heavy atom. The molecule has 0 aromatic rings. The molecule has 4 nitrogen and oxygen atoms in total. The van der Waals surface area contributed by atoms with Gasteiger partial charge in [0, 0.05) is 0 Å². The molecule has 0 bridgehead atoms. The molecule has 6 heteroatoms. The molecule has 0 heterocycles. The average Bonchev–Trinajstić information content (AvgIpc) is 2.73. The average molecular weight is 564 g/mol. The molecule has 0 N–H and O–H groups in total. The van der Waals surface area contributed by atoms with Gasteiger partial charge in [0.2, 0.25) is 0 Å². The number of allylic oxidation sites excluding steroid dienone is 1. The smallest absolute Gasteiger partial charge is 0.192 e. The molecule has 0 fully saturated rings. The van der Waals surface area contributed by atoms with Crippen LogP contribution < -0.4 is 0 Å². The van der Waals surface area contributed by atoms with Crippen molar-refractivity contribution in [1.82, 2.24) is 0 Å². The van der Waals surface area contributed by atoms with Crippen LogP contribution in [0.5, 0.6) is 0 Å². The quantitative estimate of drug-likeness (QED) is 0.0616. The van der Waals surface area contributed by atoms with Gasteiger partial charge < -0.3 is 8.85 Å². The van der Waals surface area contributed by atoms with E-state index in [2.05, 4.69) is 108 Å². The van der Waals surface area contributed by atoms with Crippen molar-refractivity contribution in [2.75, 3.05) is 0 Å². The van der Waals surface area contributed by atoms with E-state index >= 15 is 0 Å². The molecule has 0 aliphatic heterocycles. The van der Waals surface area contributed by atoms with Crippen molar-refractivity contribution in [1.29, 1.82) is 5.26 Å². The standard InChI is InChI=1S/C32H61NO3Si2/c1-16-17-29(35-37(12,13)31(6,7)8)26(4)21-24(2)20-25(3)22-27(5)30(28(23-33)18-19-34)36-38(14,15)32(9,10)11/h16,18-19,24-27,29-30H,1,17,20-22H2,2-15H3/b28-18-/t24-,25+,26-,27-,29-,30+/m0/s1. The Morgan fingerprint density at radius 3 is 1.68 bits per heavy atom. The molecule has 0 unspecified atom stereocenters. The van der Waals surface area contributed by atoms with Crippen LogP contribution in [-0.2, 0) is 13.6 Å². The van der Waals surface area contributed by atoms with E-state index in [4.69, 9.17) is 8.85 Å². The summed E-state index contributed by atoms with van der Waals surface area (Å²) in [6.45, 7) is 35.8. The van der Waals surface area contributed by atoms with Crippen molar-refractivity contribution in [2.24, 2.45) is 23.7 Å². The molecule has 0 rings (SSSR count). The second kappa shape index (κ2) is 15.1. The zero-order chi connectivity index (χ0) is 30.1. The van der Waals surface area contributed by atoms with E-state index in [0.29, 0.717) is 29.6 Å². The van der Waals surface area contributed by atoms with Gasteiger partial charge in [-0.05, 0) is 91.7 Å². The summed E-state index contributed by atoms with van der Waals surface area (Å²) in [5.74, 6) is 1.64. The van der Waals surface area contributed by atoms with E-state index in [9.17, 15) is 10.1 Å². The Kier molecular flexibility index (Phi) is 14.7. The fraction of sp³-hybridized carbons (Fsp3) is 0.812. The van der Waals surface area contributed by atoms with E-state index < -0.39 is 16.6 Å².